The number of hydrogen-bond acceptors (Lipinski definition) is 4. The number of piperidine rings is 1. The molecule has 1 saturated carbocycles. The Morgan fingerprint density at radius 3 is 2.46 bits per heavy atom. The fourth-order valence-electron chi connectivity index (χ4n) is 2.98. The van der Waals surface area contributed by atoms with Crippen molar-refractivity contribution in [3.8, 4) is 0 Å². The molecule has 2 unspecified atom stereocenters. The summed E-state index contributed by atoms with van der Waals surface area (Å²) in [6.45, 7) is 1.03. The molecule has 0 aromatic heterocycles. The predicted octanol–water partition coefficient (Wildman–Crippen LogP) is 1.52. The van der Waals surface area contributed by atoms with Crippen LogP contribution >= 0.6 is 0 Å². The molecule has 2 atom stereocenters. The van der Waals surface area contributed by atoms with E-state index in [1.165, 1.54) is 16.4 Å². The largest absolute Gasteiger partial charge is 0.481 e. The lowest BCUT2D eigenvalue weighted by Gasteiger charge is -2.26. The summed E-state index contributed by atoms with van der Waals surface area (Å²) < 4.78 is 26.8. The highest BCUT2D eigenvalue weighted by molar-refractivity contribution is 7.89. The van der Waals surface area contributed by atoms with Crippen molar-refractivity contribution in [2.24, 2.45) is 11.8 Å². The number of carbonyl (C=O) groups excluding carboxylic acids is 1. The quantitative estimate of drug-likeness (QED) is 0.836. The van der Waals surface area contributed by atoms with E-state index in [2.05, 4.69) is 5.32 Å². The number of nitrogens with one attached hydrogen (secondary N) is 1. The zero-order valence-electron chi connectivity index (χ0n) is 13.1. The lowest BCUT2D eigenvalue weighted by atomic mass is 10.2. The zero-order chi connectivity index (χ0) is 17.3. The summed E-state index contributed by atoms with van der Waals surface area (Å²) in [7, 11) is -3.56. The van der Waals surface area contributed by atoms with Gasteiger partial charge >= 0.3 is 5.97 Å². The standard InChI is InChI=1S/C16H20N2O5S/c19-15(13-10-14(13)16(20)21)17-11-5-4-6-12(9-11)24(22,23)18-7-2-1-3-8-18/h4-6,9,13-14H,1-3,7-8,10H2,(H,17,19)(H,20,21). The van der Waals surface area contributed by atoms with Gasteiger partial charge in [0.2, 0.25) is 15.9 Å². The van der Waals surface area contributed by atoms with Crippen LogP contribution in [-0.2, 0) is 19.6 Å². The van der Waals surface area contributed by atoms with Gasteiger partial charge in [-0.15, -0.1) is 0 Å². The number of amides is 1. The molecule has 2 fully saturated rings. The number of benzene rings is 1. The highest BCUT2D eigenvalue weighted by atomic mass is 32.2. The SMILES string of the molecule is O=C(O)C1CC1C(=O)Nc1cccc(S(=O)(=O)N2CCCCC2)c1. The third-order valence-electron chi connectivity index (χ3n) is 4.50. The number of carboxylic acid groups (broad SMARTS) is 1. The third kappa shape index (κ3) is 3.44. The molecule has 1 aliphatic carbocycles. The summed E-state index contributed by atoms with van der Waals surface area (Å²) in [4.78, 5) is 23.0. The van der Waals surface area contributed by atoms with Crippen LogP contribution in [0.4, 0.5) is 5.69 Å². The number of sulfonamides is 1. The smallest absolute Gasteiger partial charge is 0.307 e. The van der Waals surface area contributed by atoms with Gasteiger partial charge in [-0.25, -0.2) is 8.42 Å². The van der Waals surface area contributed by atoms with Crippen LogP contribution < -0.4 is 5.32 Å². The van der Waals surface area contributed by atoms with Crippen LogP contribution in [-0.4, -0.2) is 42.8 Å². The minimum atomic E-state index is -3.56. The average molecular weight is 352 g/mol. The average Bonchev–Trinajstić information content (AvgIpc) is 3.37. The molecule has 7 nitrogen and oxygen atoms in total. The number of rotatable bonds is 5. The molecule has 1 aromatic rings. The summed E-state index contributed by atoms with van der Waals surface area (Å²) in [6.07, 6.45) is 3.07. The van der Waals surface area contributed by atoms with Gasteiger partial charge in [0.05, 0.1) is 16.7 Å². The molecule has 0 radical (unpaired) electrons. The Bertz CT molecular complexity index is 755. The van der Waals surface area contributed by atoms with Gasteiger partial charge < -0.3 is 10.4 Å². The maximum absolute atomic E-state index is 12.6. The Morgan fingerprint density at radius 2 is 1.83 bits per heavy atom. The number of carbonyl (C=O) groups is 2. The lowest BCUT2D eigenvalue weighted by Crippen LogP contribution is -2.35. The van der Waals surface area contributed by atoms with E-state index in [1.807, 2.05) is 0 Å². The molecule has 2 N–H and O–H groups in total. The molecule has 2 aliphatic rings. The van der Waals surface area contributed by atoms with Crippen molar-refractivity contribution in [2.45, 2.75) is 30.6 Å². The summed E-state index contributed by atoms with van der Waals surface area (Å²) >= 11 is 0. The van der Waals surface area contributed by atoms with Gasteiger partial charge in [0.1, 0.15) is 0 Å². The number of aliphatic carboxylic acids is 1. The summed E-state index contributed by atoms with van der Waals surface area (Å²) in [5.74, 6) is -2.53. The van der Waals surface area contributed by atoms with Gasteiger partial charge in [-0.1, -0.05) is 12.5 Å². The van der Waals surface area contributed by atoms with Gasteiger partial charge in [-0.2, -0.15) is 4.31 Å². The van der Waals surface area contributed by atoms with E-state index in [9.17, 15) is 18.0 Å². The summed E-state index contributed by atoms with van der Waals surface area (Å²) in [5.41, 5.74) is 0.370. The van der Waals surface area contributed by atoms with E-state index < -0.39 is 27.8 Å². The van der Waals surface area contributed by atoms with E-state index in [0.717, 1.165) is 19.3 Å². The lowest BCUT2D eigenvalue weighted by molar-refractivity contribution is -0.139. The molecule has 3 rings (SSSR count). The topological polar surface area (TPSA) is 104 Å². The van der Waals surface area contributed by atoms with Gasteiger partial charge in [-0.05, 0) is 37.5 Å². The first-order valence-electron chi connectivity index (χ1n) is 8.03. The number of anilines is 1. The third-order valence-corrected chi connectivity index (χ3v) is 6.39. The van der Waals surface area contributed by atoms with Crippen LogP contribution in [0.5, 0.6) is 0 Å². The van der Waals surface area contributed by atoms with E-state index in [4.69, 9.17) is 5.11 Å². The van der Waals surface area contributed by atoms with Crippen molar-refractivity contribution in [2.75, 3.05) is 18.4 Å². The number of nitrogens with zero attached hydrogens (tertiary/aromatic N) is 1. The Balaban J connectivity index is 1.72. The Hall–Kier alpha value is -1.93. The van der Waals surface area contributed by atoms with Crippen LogP contribution in [0.3, 0.4) is 0 Å². The fraction of sp³-hybridized carbons (Fsp3) is 0.500. The van der Waals surface area contributed by atoms with Crippen LogP contribution in [0, 0.1) is 11.8 Å². The van der Waals surface area contributed by atoms with Crippen molar-refractivity contribution < 1.29 is 23.1 Å². The van der Waals surface area contributed by atoms with Gasteiger partial charge in [0.15, 0.2) is 0 Å². The summed E-state index contributed by atoms with van der Waals surface area (Å²) in [6, 6.07) is 6.12. The molecule has 24 heavy (non-hydrogen) atoms. The van der Waals surface area contributed by atoms with Gasteiger partial charge in [-0.3, -0.25) is 9.59 Å². The molecule has 0 bridgehead atoms. The molecule has 1 aliphatic heterocycles. The maximum Gasteiger partial charge on any atom is 0.307 e. The summed E-state index contributed by atoms with van der Waals surface area (Å²) in [5, 5.41) is 11.5. The van der Waals surface area contributed by atoms with E-state index in [-0.39, 0.29) is 10.8 Å². The second-order valence-electron chi connectivity index (χ2n) is 6.27. The minimum absolute atomic E-state index is 0.146. The highest BCUT2D eigenvalue weighted by Crippen LogP contribution is 2.39. The molecule has 1 heterocycles. The van der Waals surface area contributed by atoms with Crippen LogP contribution in [0.1, 0.15) is 25.7 Å². The highest BCUT2D eigenvalue weighted by Gasteiger charge is 2.48. The minimum Gasteiger partial charge on any atom is -0.481 e. The normalized spacial score (nSPS) is 24.3. The van der Waals surface area contributed by atoms with E-state index in [1.54, 1.807) is 12.1 Å². The van der Waals surface area contributed by atoms with E-state index >= 15 is 0 Å². The first-order valence-corrected chi connectivity index (χ1v) is 9.47. The molecule has 1 aromatic carbocycles. The van der Waals surface area contributed by atoms with Crippen molar-refractivity contribution >= 4 is 27.6 Å². The Kier molecular flexibility index (Phi) is 4.60. The first-order chi connectivity index (χ1) is 11.4. The Labute approximate surface area is 140 Å². The van der Waals surface area contributed by atoms with Crippen molar-refractivity contribution in [1.29, 1.82) is 0 Å². The second-order valence-corrected chi connectivity index (χ2v) is 8.21. The van der Waals surface area contributed by atoms with Crippen molar-refractivity contribution in [1.82, 2.24) is 4.31 Å². The maximum atomic E-state index is 12.6. The van der Waals surface area contributed by atoms with Crippen LogP contribution in [0.2, 0.25) is 0 Å². The van der Waals surface area contributed by atoms with Crippen LogP contribution in [0.25, 0.3) is 0 Å². The number of carboxylic acids is 1. The van der Waals surface area contributed by atoms with Crippen molar-refractivity contribution in [3.05, 3.63) is 24.3 Å². The molecule has 0 spiro atoms. The Morgan fingerprint density at radius 1 is 1.12 bits per heavy atom. The van der Waals surface area contributed by atoms with Crippen molar-refractivity contribution in [3.63, 3.8) is 0 Å². The monoisotopic (exact) mass is 352 g/mol. The van der Waals surface area contributed by atoms with E-state index in [0.29, 0.717) is 25.2 Å². The molecule has 1 amide bonds. The van der Waals surface area contributed by atoms with Gasteiger partial charge in [0, 0.05) is 18.8 Å². The van der Waals surface area contributed by atoms with Crippen LogP contribution in [0.15, 0.2) is 29.2 Å². The molecule has 1 saturated heterocycles. The molecular formula is C16H20N2O5S. The molecule has 8 heteroatoms. The second kappa shape index (κ2) is 6.52. The predicted molar refractivity (Wildman–Crippen MR) is 86.9 cm³/mol. The zero-order valence-corrected chi connectivity index (χ0v) is 14.0. The molecular weight excluding hydrogens is 332 g/mol. The number of hydrogen-bond donors (Lipinski definition) is 2. The first kappa shape index (κ1) is 16.9. The fourth-order valence-corrected chi connectivity index (χ4v) is 4.54. The molecule has 130 valence electrons. The van der Waals surface area contributed by atoms with Gasteiger partial charge in [0.25, 0.3) is 0 Å².